The summed E-state index contributed by atoms with van der Waals surface area (Å²) in [6, 6.07) is 1.59. The minimum absolute atomic E-state index is 0.0223. The Bertz CT molecular complexity index is 406. The second kappa shape index (κ2) is 4.89. The lowest BCUT2D eigenvalue weighted by atomic mass is 10.1. The first-order chi connectivity index (χ1) is 7.49. The van der Waals surface area contributed by atoms with Gasteiger partial charge in [0.25, 0.3) is 0 Å². The number of carboxylic acids is 1. The minimum atomic E-state index is -1.77. The fraction of sp³-hybridized carbons (Fsp3) is 0.300. The molecule has 0 aliphatic rings. The third-order valence-corrected chi connectivity index (χ3v) is 1.93. The zero-order valence-corrected chi connectivity index (χ0v) is 8.41. The standard InChI is InChI=1S/C10H10F2O4/c1-2-16-9(10(14)15)7-5(11)3-4-6(13)8(7)12/h3-4,9,13H,2H2,1H3,(H,14,15). The zero-order chi connectivity index (χ0) is 12.3. The summed E-state index contributed by atoms with van der Waals surface area (Å²) in [4.78, 5) is 10.8. The van der Waals surface area contributed by atoms with Crippen molar-refractivity contribution < 1.29 is 28.5 Å². The first kappa shape index (κ1) is 12.4. The van der Waals surface area contributed by atoms with Crippen molar-refractivity contribution in [2.45, 2.75) is 13.0 Å². The van der Waals surface area contributed by atoms with Gasteiger partial charge in [0.15, 0.2) is 17.7 Å². The predicted octanol–water partition coefficient (Wildman–Crippen LogP) is 1.83. The quantitative estimate of drug-likeness (QED) is 0.831. The van der Waals surface area contributed by atoms with Crippen LogP contribution in [0, 0.1) is 11.6 Å². The third kappa shape index (κ3) is 2.27. The van der Waals surface area contributed by atoms with Crippen LogP contribution in [0.3, 0.4) is 0 Å². The van der Waals surface area contributed by atoms with Crippen LogP contribution in [0.2, 0.25) is 0 Å². The maximum absolute atomic E-state index is 13.4. The average molecular weight is 232 g/mol. The van der Waals surface area contributed by atoms with Crippen LogP contribution in [0.15, 0.2) is 12.1 Å². The van der Waals surface area contributed by atoms with Crippen LogP contribution in [-0.2, 0) is 9.53 Å². The Kier molecular flexibility index (Phi) is 3.78. The van der Waals surface area contributed by atoms with Gasteiger partial charge in [-0.25, -0.2) is 13.6 Å². The Labute approximate surface area is 90.1 Å². The van der Waals surface area contributed by atoms with E-state index in [1.165, 1.54) is 6.92 Å². The number of hydrogen-bond donors (Lipinski definition) is 2. The van der Waals surface area contributed by atoms with Gasteiger partial charge in [-0.3, -0.25) is 0 Å². The van der Waals surface area contributed by atoms with E-state index in [9.17, 15) is 13.6 Å². The van der Waals surface area contributed by atoms with Crippen LogP contribution in [0.5, 0.6) is 5.75 Å². The molecule has 0 radical (unpaired) electrons. The van der Waals surface area contributed by atoms with Crippen LogP contribution in [0.1, 0.15) is 18.6 Å². The summed E-state index contributed by atoms with van der Waals surface area (Å²) < 4.78 is 31.3. The van der Waals surface area contributed by atoms with E-state index in [0.717, 1.165) is 12.1 Å². The van der Waals surface area contributed by atoms with Crippen molar-refractivity contribution in [2.75, 3.05) is 6.61 Å². The maximum Gasteiger partial charge on any atom is 0.337 e. The molecule has 0 aromatic heterocycles. The lowest BCUT2D eigenvalue weighted by molar-refractivity contribution is -0.151. The van der Waals surface area contributed by atoms with Gasteiger partial charge in [-0.1, -0.05) is 0 Å². The molecule has 4 nitrogen and oxygen atoms in total. The van der Waals surface area contributed by atoms with Crippen molar-refractivity contribution in [3.05, 3.63) is 29.3 Å². The van der Waals surface area contributed by atoms with E-state index in [0.29, 0.717) is 0 Å². The van der Waals surface area contributed by atoms with Gasteiger partial charge in [0, 0.05) is 6.61 Å². The van der Waals surface area contributed by atoms with Crippen LogP contribution in [-0.4, -0.2) is 22.8 Å². The van der Waals surface area contributed by atoms with Gasteiger partial charge in [-0.05, 0) is 19.1 Å². The molecule has 0 saturated heterocycles. The van der Waals surface area contributed by atoms with E-state index in [1.54, 1.807) is 0 Å². The Hall–Kier alpha value is -1.69. The maximum atomic E-state index is 13.4. The molecule has 0 heterocycles. The van der Waals surface area contributed by atoms with Crippen LogP contribution >= 0.6 is 0 Å². The molecule has 0 aliphatic heterocycles. The second-order valence-electron chi connectivity index (χ2n) is 2.97. The number of carbonyl (C=O) groups is 1. The molecule has 0 spiro atoms. The number of phenolic OH excluding ortho intramolecular Hbond substituents is 1. The molecule has 16 heavy (non-hydrogen) atoms. The van der Waals surface area contributed by atoms with Gasteiger partial charge in [-0.15, -0.1) is 0 Å². The van der Waals surface area contributed by atoms with E-state index in [2.05, 4.69) is 0 Å². The summed E-state index contributed by atoms with van der Waals surface area (Å²) in [5.41, 5.74) is -0.797. The molecule has 88 valence electrons. The number of ether oxygens (including phenoxy) is 1. The zero-order valence-electron chi connectivity index (χ0n) is 8.41. The summed E-state index contributed by atoms with van der Waals surface area (Å²) in [5.74, 6) is -4.73. The second-order valence-corrected chi connectivity index (χ2v) is 2.97. The van der Waals surface area contributed by atoms with Gasteiger partial charge in [0.1, 0.15) is 5.82 Å². The van der Waals surface area contributed by atoms with Crippen molar-refractivity contribution in [1.29, 1.82) is 0 Å². The number of phenols is 1. The van der Waals surface area contributed by atoms with Crippen molar-refractivity contribution in [2.24, 2.45) is 0 Å². The highest BCUT2D eigenvalue weighted by atomic mass is 19.1. The van der Waals surface area contributed by atoms with E-state index < -0.39 is 35.0 Å². The van der Waals surface area contributed by atoms with Gasteiger partial charge >= 0.3 is 5.97 Å². The highest BCUT2D eigenvalue weighted by Gasteiger charge is 2.28. The fourth-order valence-electron chi connectivity index (χ4n) is 1.24. The van der Waals surface area contributed by atoms with Crippen LogP contribution in [0.25, 0.3) is 0 Å². The highest BCUT2D eigenvalue weighted by molar-refractivity contribution is 5.74. The summed E-state index contributed by atoms with van der Waals surface area (Å²) in [6.07, 6.45) is -1.77. The molecule has 0 bridgehead atoms. The first-order valence-electron chi connectivity index (χ1n) is 4.50. The van der Waals surface area contributed by atoms with E-state index in [1.807, 2.05) is 0 Å². The molecule has 0 amide bonds. The molecule has 1 unspecified atom stereocenters. The summed E-state index contributed by atoms with van der Waals surface area (Å²) in [5, 5.41) is 17.8. The van der Waals surface area contributed by atoms with Gasteiger partial charge < -0.3 is 14.9 Å². The van der Waals surface area contributed by atoms with E-state index in [-0.39, 0.29) is 6.61 Å². The number of rotatable bonds is 4. The largest absolute Gasteiger partial charge is 0.505 e. The first-order valence-corrected chi connectivity index (χ1v) is 4.50. The van der Waals surface area contributed by atoms with E-state index in [4.69, 9.17) is 14.9 Å². The highest BCUT2D eigenvalue weighted by Crippen LogP contribution is 2.29. The minimum Gasteiger partial charge on any atom is -0.505 e. The summed E-state index contributed by atoms with van der Waals surface area (Å²) >= 11 is 0. The van der Waals surface area contributed by atoms with Crippen molar-refractivity contribution in [1.82, 2.24) is 0 Å². The van der Waals surface area contributed by atoms with Crippen molar-refractivity contribution in [3.63, 3.8) is 0 Å². The lowest BCUT2D eigenvalue weighted by Crippen LogP contribution is -2.18. The Morgan fingerprint density at radius 2 is 2.12 bits per heavy atom. The molecular weight excluding hydrogens is 222 g/mol. The smallest absolute Gasteiger partial charge is 0.337 e. The topological polar surface area (TPSA) is 66.8 Å². The molecule has 0 aliphatic carbocycles. The number of carboxylic acid groups (broad SMARTS) is 1. The van der Waals surface area contributed by atoms with Crippen molar-refractivity contribution >= 4 is 5.97 Å². The van der Waals surface area contributed by atoms with Crippen LogP contribution in [0.4, 0.5) is 8.78 Å². The molecule has 1 aromatic carbocycles. The number of aromatic hydroxyl groups is 1. The Morgan fingerprint density at radius 3 is 2.62 bits per heavy atom. The molecule has 6 heteroatoms. The molecule has 1 atom stereocenters. The molecular formula is C10H10F2O4. The normalized spacial score (nSPS) is 12.4. The molecule has 1 aromatic rings. The number of hydrogen-bond acceptors (Lipinski definition) is 3. The third-order valence-electron chi connectivity index (χ3n) is 1.93. The predicted molar refractivity (Wildman–Crippen MR) is 50.0 cm³/mol. The van der Waals surface area contributed by atoms with Gasteiger partial charge in [0.2, 0.25) is 0 Å². The molecule has 2 N–H and O–H groups in total. The molecule has 0 fully saturated rings. The van der Waals surface area contributed by atoms with Crippen molar-refractivity contribution in [3.8, 4) is 5.75 Å². The van der Waals surface area contributed by atoms with Gasteiger partial charge in [-0.2, -0.15) is 0 Å². The van der Waals surface area contributed by atoms with Crippen LogP contribution < -0.4 is 0 Å². The SMILES string of the molecule is CCOC(C(=O)O)c1c(F)ccc(O)c1F. The Morgan fingerprint density at radius 1 is 1.50 bits per heavy atom. The molecule has 0 saturated carbocycles. The molecule has 1 rings (SSSR count). The number of benzene rings is 1. The van der Waals surface area contributed by atoms with E-state index >= 15 is 0 Å². The number of aliphatic carboxylic acids is 1. The summed E-state index contributed by atoms with van der Waals surface area (Å²) in [6.45, 7) is 1.47. The summed E-state index contributed by atoms with van der Waals surface area (Å²) in [7, 11) is 0. The lowest BCUT2D eigenvalue weighted by Gasteiger charge is -2.14. The Balaban J connectivity index is 3.28. The van der Waals surface area contributed by atoms with Gasteiger partial charge in [0.05, 0.1) is 5.56 Å². The fourth-order valence-corrected chi connectivity index (χ4v) is 1.24. The number of halogens is 2. The monoisotopic (exact) mass is 232 g/mol. The average Bonchev–Trinajstić information content (AvgIpc) is 2.22.